The Morgan fingerprint density at radius 1 is 1.00 bits per heavy atom. The number of hydrogen-bond donors (Lipinski definition) is 1. The van der Waals surface area contributed by atoms with Crippen molar-refractivity contribution >= 4 is 11.8 Å². The Hall–Kier alpha value is -4.45. The maximum atomic E-state index is 13.7. The summed E-state index contributed by atoms with van der Waals surface area (Å²) in [5.41, 5.74) is 5.82. The zero-order chi connectivity index (χ0) is 26.5. The number of rotatable bonds is 7. The maximum Gasteiger partial charge on any atom is 0.261 e. The molecule has 0 saturated heterocycles. The van der Waals surface area contributed by atoms with E-state index in [0.29, 0.717) is 24.4 Å². The molecule has 0 aliphatic carbocycles. The van der Waals surface area contributed by atoms with Gasteiger partial charge in [0.1, 0.15) is 5.75 Å². The minimum atomic E-state index is -0.695. The lowest BCUT2D eigenvalue weighted by atomic mass is 9.87. The Bertz CT molecular complexity index is 1420. The Kier molecular flexibility index (Phi) is 7.50. The van der Waals surface area contributed by atoms with E-state index in [1.807, 2.05) is 71.6 Å². The highest BCUT2D eigenvalue weighted by Crippen LogP contribution is 2.38. The zero-order valence-electron chi connectivity index (χ0n) is 21.6. The number of carbonyl (C=O) groups excluding carboxylic acids is 2. The first-order valence-electron chi connectivity index (χ1n) is 12.9. The van der Waals surface area contributed by atoms with E-state index in [4.69, 9.17) is 4.74 Å². The van der Waals surface area contributed by atoms with Gasteiger partial charge in [0.05, 0.1) is 18.3 Å². The van der Waals surface area contributed by atoms with Crippen LogP contribution in [0.2, 0.25) is 0 Å². The number of aryl methyl sites for hydroxylation is 1. The third-order valence-corrected chi connectivity index (χ3v) is 6.84. The van der Waals surface area contributed by atoms with Crippen molar-refractivity contribution in [3.05, 3.63) is 131 Å². The molecule has 6 nitrogen and oxygen atoms in total. The Morgan fingerprint density at radius 2 is 1.82 bits per heavy atom. The SMILES string of the molecule is Cc1cccc([C@H]2c3cc(O[C@@H](C)C(=O)NCc4ccccn4)ccc3CCN2C(=O)c2ccccc2)c1. The van der Waals surface area contributed by atoms with Gasteiger partial charge in [-0.25, -0.2) is 0 Å². The average molecular weight is 506 g/mol. The van der Waals surface area contributed by atoms with Crippen molar-refractivity contribution in [2.24, 2.45) is 0 Å². The van der Waals surface area contributed by atoms with E-state index in [-0.39, 0.29) is 17.9 Å². The van der Waals surface area contributed by atoms with E-state index >= 15 is 0 Å². The predicted octanol–water partition coefficient (Wildman–Crippen LogP) is 5.26. The summed E-state index contributed by atoms with van der Waals surface area (Å²) in [7, 11) is 0. The molecule has 1 N–H and O–H groups in total. The second-order valence-corrected chi connectivity index (χ2v) is 9.59. The summed E-state index contributed by atoms with van der Waals surface area (Å²) >= 11 is 0. The van der Waals surface area contributed by atoms with Crippen molar-refractivity contribution in [2.45, 2.75) is 39.0 Å². The number of amides is 2. The molecule has 0 bridgehead atoms. The average Bonchev–Trinajstić information content (AvgIpc) is 2.95. The molecule has 6 heteroatoms. The molecule has 2 atom stereocenters. The number of hydrogen-bond acceptors (Lipinski definition) is 4. The summed E-state index contributed by atoms with van der Waals surface area (Å²) in [6.45, 7) is 4.74. The van der Waals surface area contributed by atoms with Crippen molar-refractivity contribution in [3.8, 4) is 5.75 Å². The van der Waals surface area contributed by atoms with Gasteiger partial charge >= 0.3 is 0 Å². The van der Waals surface area contributed by atoms with Crippen LogP contribution >= 0.6 is 0 Å². The number of benzene rings is 3. The largest absolute Gasteiger partial charge is 0.481 e. The summed E-state index contributed by atoms with van der Waals surface area (Å²) in [6.07, 6.45) is 1.75. The van der Waals surface area contributed by atoms with Crippen LogP contribution in [0.5, 0.6) is 5.75 Å². The lowest BCUT2D eigenvalue weighted by molar-refractivity contribution is -0.127. The minimum absolute atomic E-state index is 0.00338. The number of nitrogens with zero attached hydrogens (tertiary/aromatic N) is 2. The number of nitrogens with one attached hydrogen (secondary N) is 1. The Morgan fingerprint density at radius 3 is 2.58 bits per heavy atom. The third kappa shape index (κ3) is 5.59. The van der Waals surface area contributed by atoms with Crippen LogP contribution < -0.4 is 10.1 Å². The molecule has 0 unspecified atom stereocenters. The molecular weight excluding hydrogens is 474 g/mol. The molecule has 192 valence electrons. The normalized spacial score (nSPS) is 15.3. The first-order chi connectivity index (χ1) is 18.5. The number of carbonyl (C=O) groups is 2. The molecule has 2 amide bonds. The van der Waals surface area contributed by atoms with Crippen molar-refractivity contribution in [1.82, 2.24) is 15.2 Å². The van der Waals surface area contributed by atoms with Crippen LogP contribution in [0, 0.1) is 6.92 Å². The molecule has 0 spiro atoms. The van der Waals surface area contributed by atoms with Gasteiger partial charge < -0.3 is 15.0 Å². The zero-order valence-corrected chi connectivity index (χ0v) is 21.6. The molecule has 1 aliphatic rings. The molecule has 4 aromatic rings. The van der Waals surface area contributed by atoms with Crippen LogP contribution in [0.25, 0.3) is 0 Å². The summed E-state index contributed by atoms with van der Waals surface area (Å²) in [6, 6.07) is 29.0. The molecular formula is C32H31N3O3. The van der Waals surface area contributed by atoms with Crippen LogP contribution in [0.3, 0.4) is 0 Å². The first-order valence-corrected chi connectivity index (χ1v) is 12.9. The van der Waals surface area contributed by atoms with Crippen molar-refractivity contribution in [1.29, 1.82) is 0 Å². The fraction of sp³-hybridized carbons (Fsp3) is 0.219. The van der Waals surface area contributed by atoms with Crippen molar-refractivity contribution < 1.29 is 14.3 Å². The lowest BCUT2D eigenvalue weighted by Gasteiger charge is -2.38. The summed E-state index contributed by atoms with van der Waals surface area (Å²) < 4.78 is 6.08. The van der Waals surface area contributed by atoms with Crippen molar-refractivity contribution in [3.63, 3.8) is 0 Å². The smallest absolute Gasteiger partial charge is 0.261 e. The van der Waals surface area contributed by atoms with E-state index in [2.05, 4.69) is 41.5 Å². The highest BCUT2D eigenvalue weighted by atomic mass is 16.5. The molecule has 0 fully saturated rings. The standard InChI is InChI=1S/C32H31N3O3/c1-22-9-8-12-26(19-22)30-29-20-28(38-23(2)31(36)34-21-27-13-6-7-17-33-27)15-14-24(29)16-18-35(30)32(37)25-10-4-3-5-11-25/h3-15,17,19-20,23,30H,16,18,21H2,1-2H3,(H,34,36)/t23-,30-/m0/s1. The van der Waals surface area contributed by atoms with Gasteiger partial charge in [-0.2, -0.15) is 0 Å². The Labute approximate surface area is 223 Å². The van der Waals surface area contributed by atoms with Gasteiger partial charge in [0.25, 0.3) is 11.8 Å². The van der Waals surface area contributed by atoms with Gasteiger partial charge in [0.15, 0.2) is 6.10 Å². The van der Waals surface area contributed by atoms with Gasteiger partial charge in [-0.15, -0.1) is 0 Å². The second kappa shape index (κ2) is 11.3. The topological polar surface area (TPSA) is 71.5 Å². The van der Waals surface area contributed by atoms with Crippen LogP contribution in [0.15, 0.2) is 97.2 Å². The fourth-order valence-corrected chi connectivity index (χ4v) is 4.91. The van der Waals surface area contributed by atoms with Gasteiger partial charge in [-0.1, -0.05) is 60.2 Å². The second-order valence-electron chi connectivity index (χ2n) is 9.59. The molecule has 0 saturated carbocycles. The van der Waals surface area contributed by atoms with Crippen molar-refractivity contribution in [2.75, 3.05) is 6.54 Å². The van der Waals surface area contributed by atoms with E-state index < -0.39 is 6.10 Å². The van der Waals surface area contributed by atoms with Crippen LogP contribution in [0.4, 0.5) is 0 Å². The molecule has 3 aromatic carbocycles. The summed E-state index contributed by atoms with van der Waals surface area (Å²) in [5.74, 6) is 0.372. The summed E-state index contributed by atoms with van der Waals surface area (Å²) in [5, 5.41) is 2.88. The van der Waals surface area contributed by atoms with Gasteiger partial charge in [0, 0.05) is 18.3 Å². The number of aromatic nitrogens is 1. The minimum Gasteiger partial charge on any atom is -0.481 e. The number of fused-ring (bicyclic) bond motifs is 1. The number of pyridine rings is 1. The van der Waals surface area contributed by atoms with Crippen LogP contribution in [-0.2, 0) is 17.8 Å². The highest BCUT2D eigenvalue weighted by Gasteiger charge is 2.33. The molecule has 38 heavy (non-hydrogen) atoms. The quantitative estimate of drug-likeness (QED) is 0.372. The molecule has 1 aliphatic heterocycles. The van der Waals surface area contributed by atoms with Crippen LogP contribution in [0.1, 0.15) is 51.3 Å². The van der Waals surface area contributed by atoms with E-state index in [9.17, 15) is 9.59 Å². The lowest BCUT2D eigenvalue weighted by Crippen LogP contribution is -2.40. The molecule has 0 radical (unpaired) electrons. The van der Waals surface area contributed by atoms with Gasteiger partial charge in [0.2, 0.25) is 0 Å². The van der Waals surface area contributed by atoms with E-state index in [0.717, 1.165) is 28.8 Å². The first kappa shape index (κ1) is 25.2. The Balaban J connectivity index is 1.41. The number of ether oxygens (including phenoxy) is 1. The molecule has 1 aromatic heterocycles. The van der Waals surface area contributed by atoms with Crippen LogP contribution in [-0.4, -0.2) is 34.3 Å². The van der Waals surface area contributed by atoms with Gasteiger partial charge in [-0.05, 0) is 73.4 Å². The van der Waals surface area contributed by atoms with E-state index in [1.165, 1.54) is 5.56 Å². The van der Waals surface area contributed by atoms with Gasteiger partial charge in [-0.3, -0.25) is 14.6 Å². The fourth-order valence-electron chi connectivity index (χ4n) is 4.91. The monoisotopic (exact) mass is 505 g/mol. The highest BCUT2D eigenvalue weighted by molar-refractivity contribution is 5.95. The maximum absolute atomic E-state index is 13.7. The molecule has 5 rings (SSSR count). The summed E-state index contributed by atoms with van der Waals surface area (Å²) in [4.78, 5) is 32.6. The third-order valence-electron chi connectivity index (χ3n) is 6.84. The molecule has 2 heterocycles. The predicted molar refractivity (Wildman–Crippen MR) is 147 cm³/mol. The van der Waals surface area contributed by atoms with E-state index in [1.54, 1.807) is 13.1 Å².